The molecule has 0 aliphatic carbocycles. The summed E-state index contributed by atoms with van der Waals surface area (Å²) in [5, 5.41) is 23.7. The molecule has 9 nitrogen and oxygen atoms in total. The number of nitrogens with zero attached hydrogens (tertiary/aromatic N) is 1. The van der Waals surface area contributed by atoms with E-state index in [9.17, 15) is 33.0 Å². The van der Waals surface area contributed by atoms with E-state index < -0.39 is 31.6 Å². The van der Waals surface area contributed by atoms with Crippen LogP contribution in [-0.4, -0.2) is 28.9 Å². The van der Waals surface area contributed by atoms with Crippen molar-refractivity contribution in [1.29, 1.82) is 0 Å². The van der Waals surface area contributed by atoms with Crippen molar-refractivity contribution in [1.82, 2.24) is 0 Å². The quantitative estimate of drug-likeness (QED) is 0.269. The molecule has 1 amide bonds. The first kappa shape index (κ1) is 18.3. The minimum absolute atomic E-state index is 0.0647. The number of nitro groups is 1. The van der Waals surface area contributed by atoms with E-state index in [1.54, 1.807) is 6.07 Å². The topological polar surface area (TPSA) is 147 Å². The molecule has 0 heterocycles. The van der Waals surface area contributed by atoms with Crippen LogP contribution in [0.2, 0.25) is 0 Å². The van der Waals surface area contributed by atoms with Crippen molar-refractivity contribution in [2.24, 2.45) is 0 Å². The number of phenols is 1. The Morgan fingerprint density at radius 3 is 2.33 bits per heavy atom. The molecular formula is C17H12N2O7S. The number of non-ortho nitro benzene ring substituents is 1. The maximum Gasteiger partial charge on any atom is 0.295 e. The zero-order valence-corrected chi connectivity index (χ0v) is 14.3. The summed E-state index contributed by atoms with van der Waals surface area (Å²) in [4.78, 5) is 22.0. The number of anilines is 1. The summed E-state index contributed by atoms with van der Waals surface area (Å²) < 4.78 is 32.8. The Kier molecular flexibility index (Phi) is 4.52. The zero-order valence-electron chi connectivity index (χ0n) is 13.5. The highest BCUT2D eigenvalue weighted by Crippen LogP contribution is 2.37. The second-order valence-electron chi connectivity index (χ2n) is 5.55. The molecule has 0 fully saturated rings. The fourth-order valence-electron chi connectivity index (χ4n) is 2.59. The molecule has 10 heteroatoms. The second-order valence-corrected chi connectivity index (χ2v) is 6.94. The molecule has 0 radical (unpaired) electrons. The third-order valence-corrected chi connectivity index (χ3v) is 4.72. The molecule has 0 spiro atoms. The highest BCUT2D eigenvalue weighted by Gasteiger charge is 2.21. The third-order valence-electron chi connectivity index (χ3n) is 3.82. The van der Waals surface area contributed by atoms with E-state index in [-0.39, 0.29) is 27.7 Å². The number of hydrogen-bond acceptors (Lipinski definition) is 6. The van der Waals surface area contributed by atoms with Gasteiger partial charge in [0.2, 0.25) is 0 Å². The van der Waals surface area contributed by atoms with Crippen LogP contribution in [0.4, 0.5) is 11.4 Å². The fourth-order valence-corrected chi connectivity index (χ4v) is 3.31. The van der Waals surface area contributed by atoms with Crippen LogP contribution in [0.15, 0.2) is 59.5 Å². The number of fused-ring (bicyclic) bond motifs is 1. The van der Waals surface area contributed by atoms with Crippen LogP contribution in [0, 0.1) is 10.1 Å². The molecule has 0 unspecified atom stereocenters. The van der Waals surface area contributed by atoms with Gasteiger partial charge in [0.05, 0.1) is 10.6 Å². The lowest BCUT2D eigenvalue weighted by Gasteiger charge is -2.12. The normalized spacial score (nSPS) is 11.3. The molecule has 0 aromatic heterocycles. The van der Waals surface area contributed by atoms with Gasteiger partial charge in [0, 0.05) is 28.5 Å². The number of carbonyl (C=O) groups is 1. The van der Waals surface area contributed by atoms with Gasteiger partial charge in [-0.15, -0.1) is 0 Å². The largest absolute Gasteiger partial charge is 0.505 e. The van der Waals surface area contributed by atoms with E-state index in [1.165, 1.54) is 36.4 Å². The van der Waals surface area contributed by atoms with E-state index in [0.29, 0.717) is 0 Å². The first-order valence-corrected chi connectivity index (χ1v) is 8.90. The maximum absolute atomic E-state index is 12.4. The van der Waals surface area contributed by atoms with Crippen LogP contribution < -0.4 is 5.32 Å². The molecule has 3 N–H and O–H groups in total. The lowest BCUT2D eigenvalue weighted by molar-refractivity contribution is -0.384. The van der Waals surface area contributed by atoms with Gasteiger partial charge in [-0.05, 0) is 12.1 Å². The first-order valence-electron chi connectivity index (χ1n) is 7.46. The molecule has 3 aromatic rings. The number of amides is 1. The number of hydrogen-bond donors (Lipinski definition) is 3. The third kappa shape index (κ3) is 3.57. The molecule has 3 aromatic carbocycles. The second kappa shape index (κ2) is 6.67. The van der Waals surface area contributed by atoms with Crippen LogP contribution in [0.3, 0.4) is 0 Å². The van der Waals surface area contributed by atoms with Gasteiger partial charge in [0.25, 0.3) is 21.7 Å². The smallest absolute Gasteiger partial charge is 0.295 e. The molecule has 138 valence electrons. The summed E-state index contributed by atoms with van der Waals surface area (Å²) in [5.74, 6) is -1.21. The summed E-state index contributed by atoms with van der Waals surface area (Å²) in [6.45, 7) is 0. The van der Waals surface area contributed by atoms with Crippen molar-refractivity contribution >= 4 is 38.2 Å². The molecule has 0 bridgehead atoms. The van der Waals surface area contributed by atoms with E-state index in [1.807, 2.05) is 0 Å². The SMILES string of the molecule is O=C(Nc1cc(S(=O)(=O)O)c2ccccc2c1O)c1cccc([N+](=O)[O-])c1. The number of carbonyl (C=O) groups excluding carboxylic acids is 1. The summed E-state index contributed by atoms with van der Waals surface area (Å²) in [6, 6.07) is 11.7. The first-order chi connectivity index (χ1) is 12.7. The number of benzene rings is 3. The number of aromatic hydroxyl groups is 1. The zero-order chi connectivity index (χ0) is 19.8. The molecule has 0 saturated carbocycles. The van der Waals surface area contributed by atoms with Crippen molar-refractivity contribution in [3.05, 3.63) is 70.3 Å². The predicted octanol–water partition coefficient (Wildman–Crippen LogP) is 2.95. The van der Waals surface area contributed by atoms with E-state index in [0.717, 1.165) is 12.1 Å². The molecule has 0 aliphatic rings. The highest BCUT2D eigenvalue weighted by molar-refractivity contribution is 7.86. The summed E-state index contributed by atoms with van der Waals surface area (Å²) in [7, 11) is -4.64. The van der Waals surface area contributed by atoms with Gasteiger partial charge in [0.15, 0.2) is 0 Å². The average Bonchev–Trinajstić information content (AvgIpc) is 2.63. The highest BCUT2D eigenvalue weighted by atomic mass is 32.2. The van der Waals surface area contributed by atoms with Crippen LogP contribution in [0.5, 0.6) is 5.75 Å². The molecular weight excluding hydrogens is 376 g/mol. The summed E-state index contributed by atoms with van der Waals surface area (Å²) >= 11 is 0. The van der Waals surface area contributed by atoms with Crippen LogP contribution in [0.25, 0.3) is 10.8 Å². The van der Waals surface area contributed by atoms with Crippen molar-refractivity contribution < 1.29 is 27.8 Å². The number of nitrogens with one attached hydrogen (secondary N) is 1. The van der Waals surface area contributed by atoms with E-state index >= 15 is 0 Å². The van der Waals surface area contributed by atoms with Gasteiger partial charge in [0.1, 0.15) is 10.6 Å². The van der Waals surface area contributed by atoms with Gasteiger partial charge in [-0.25, -0.2) is 0 Å². The van der Waals surface area contributed by atoms with Gasteiger partial charge in [-0.3, -0.25) is 19.5 Å². The molecule has 0 saturated heterocycles. The Morgan fingerprint density at radius 2 is 1.70 bits per heavy atom. The maximum atomic E-state index is 12.4. The predicted molar refractivity (Wildman–Crippen MR) is 96.5 cm³/mol. The van der Waals surface area contributed by atoms with Crippen LogP contribution in [0.1, 0.15) is 10.4 Å². The van der Waals surface area contributed by atoms with Crippen molar-refractivity contribution in [3.8, 4) is 5.75 Å². The van der Waals surface area contributed by atoms with Crippen molar-refractivity contribution in [2.45, 2.75) is 4.90 Å². The number of phenolic OH excluding ortho intramolecular Hbond substituents is 1. The molecule has 0 atom stereocenters. The van der Waals surface area contributed by atoms with Crippen molar-refractivity contribution in [2.75, 3.05) is 5.32 Å². The molecule has 0 aliphatic heterocycles. The van der Waals surface area contributed by atoms with Gasteiger partial charge < -0.3 is 10.4 Å². The Morgan fingerprint density at radius 1 is 1.04 bits per heavy atom. The minimum atomic E-state index is -4.64. The Hall–Kier alpha value is -3.50. The number of nitro benzene ring substituents is 1. The van der Waals surface area contributed by atoms with Crippen molar-refractivity contribution in [3.63, 3.8) is 0 Å². The van der Waals surface area contributed by atoms with E-state index in [2.05, 4.69) is 5.32 Å². The molecule has 3 rings (SSSR count). The minimum Gasteiger partial charge on any atom is -0.505 e. The summed E-state index contributed by atoms with van der Waals surface area (Å²) in [6.07, 6.45) is 0. The Labute approximate surface area is 152 Å². The summed E-state index contributed by atoms with van der Waals surface area (Å²) in [5.41, 5.74) is -0.632. The Bertz CT molecular complexity index is 1190. The van der Waals surface area contributed by atoms with Gasteiger partial charge in [-0.2, -0.15) is 8.42 Å². The van der Waals surface area contributed by atoms with Gasteiger partial charge >= 0.3 is 0 Å². The lowest BCUT2D eigenvalue weighted by atomic mass is 10.1. The fraction of sp³-hybridized carbons (Fsp3) is 0. The Balaban J connectivity index is 2.10. The lowest BCUT2D eigenvalue weighted by Crippen LogP contribution is -2.13. The van der Waals surface area contributed by atoms with Gasteiger partial charge in [-0.1, -0.05) is 30.3 Å². The standard InChI is InChI=1S/C17H12N2O7S/c20-16-13-7-2-1-6-12(13)15(27(24,25)26)9-14(16)18-17(21)10-4-3-5-11(8-10)19(22)23/h1-9,20H,(H,18,21)(H,24,25,26). The number of rotatable bonds is 4. The monoisotopic (exact) mass is 388 g/mol. The van der Waals surface area contributed by atoms with Crippen LogP contribution in [-0.2, 0) is 10.1 Å². The molecule has 27 heavy (non-hydrogen) atoms. The van der Waals surface area contributed by atoms with E-state index in [4.69, 9.17) is 0 Å². The van der Waals surface area contributed by atoms with Crippen LogP contribution >= 0.6 is 0 Å². The average molecular weight is 388 g/mol.